The fraction of sp³-hybridized carbons (Fsp3) is 1.00. The van der Waals surface area contributed by atoms with Crippen LogP contribution in [0.25, 0.3) is 0 Å². The maximum absolute atomic E-state index is 11.8. The van der Waals surface area contributed by atoms with Gasteiger partial charge in [0.05, 0.1) is 0 Å². The quantitative estimate of drug-likeness (QED) is 0.749. The lowest BCUT2D eigenvalue weighted by molar-refractivity contribution is -0.174. The van der Waals surface area contributed by atoms with Gasteiger partial charge in [-0.3, -0.25) is 4.90 Å². The summed E-state index contributed by atoms with van der Waals surface area (Å²) in [5.41, 5.74) is 5.72. The molecule has 2 unspecified atom stereocenters. The second kappa shape index (κ2) is 7.31. The van der Waals surface area contributed by atoms with Crippen LogP contribution in [0.4, 0.5) is 13.2 Å². The van der Waals surface area contributed by atoms with Gasteiger partial charge in [0.2, 0.25) is 0 Å². The zero-order valence-corrected chi connectivity index (χ0v) is 10.9. The molecular formula is C12H23F3N2O. The van der Waals surface area contributed by atoms with Crippen LogP contribution < -0.4 is 5.73 Å². The van der Waals surface area contributed by atoms with Crippen molar-refractivity contribution in [2.24, 2.45) is 11.7 Å². The summed E-state index contributed by atoms with van der Waals surface area (Å²) in [7, 11) is 0. The number of hydrogen-bond donors (Lipinski definition) is 1. The highest BCUT2D eigenvalue weighted by Gasteiger charge is 2.27. The van der Waals surface area contributed by atoms with Crippen molar-refractivity contribution >= 4 is 0 Å². The van der Waals surface area contributed by atoms with E-state index in [4.69, 9.17) is 5.73 Å². The molecule has 0 bridgehead atoms. The van der Waals surface area contributed by atoms with Crippen molar-refractivity contribution < 1.29 is 17.9 Å². The van der Waals surface area contributed by atoms with Gasteiger partial charge in [0.25, 0.3) is 0 Å². The molecule has 6 heteroatoms. The molecule has 1 heterocycles. The van der Waals surface area contributed by atoms with Crippen molar-refractivity contribution in [3.8, 4) is 0 Å². The van der Waals surface area contributed by atoms with E-state index >= 15 is 0 Å². The topological polar surface area (TPSA) is 38.5 Å². The molecule has 1 saturated heterocycles. The van der Waals surface area contributed by atoms with Crippen LogP contribution in [-0.4, -0.2) is 50.0 Å². The van der Waals surface area contributed by atoms with E-state index in [9.17, 15) is 13.2 Å². The Morgan fingerprint density at radius 3 is 2.72 bits per heavy atom. The monoisotopic (exact) mass is 268 g/mol. The molecule has 1 aliphatic rings. The van der Waals surface area contributed by atoms with Gasteiger partial charge in [-0.2, -0.15) is 13.2 Å². The molecule has 0 aliphatic carbocycles. The van der Waals surface area contributed by atoms with Gasteiger partial charge >= 0.3 is 6.18 Å². The molecule has 2 N–H and O–H groups in total. The molecule has 2 atom stereocenters. The molecule has 0 radical (unpaired) electrons. The number of nitrogens with zero attached hydrogens (tertiary/aromatic N) is 1. The van der Waals surface area contributed by atoms with E-state index in [-0.39, 0.29) is 6.61 Å². The van der Waals surface area contributed by atoms with Gasteiger partial charge < -0.3 is 10.5 Å². The van der Waals surface area contributed by atoms with E-state index in [2.05, 4.69) is 16.6 Å². The van der Waals surface area contributed by atoms with E-state index in [1.807, 2.05) is 0 Å². The fourth-order valence-corrected chi connectivity index (χ4v) is 2.40. The number of rotatable bonds is 6. The molecule has 0 amide bonds. The minimum atomic E-state index is -4.22. The Bertz CT molecular complexity index is 236. The molecule has 0 saturated carbocycles. The zero-order valence-electron chi connectivity index (χ0n) is 10.9. The maximum atomic E-state index is 11.8. The number of likely N-dealkylation sites (tertiary alicyclic amines) is 1. The van der Waals surface area contributed by atoms with Crippen molar-refractivity contribution in [2.45, 2.75) is 38.4 Å². The second-order valence-corrected chi connectivity index (χ2v) is 5.08. The molecule has 1 fully saturated rings. The highest BCUT2D eigenvalue weighted by atomic mass is 19.4. The summed E-state index contributed by atoms with van der Waals surface area (Å²) in [6, 6.07) is 0.372. The number of nitrogens with two attached hydrogens (primary N) is 1. The number of ether oxygens (including phenoxy) is 1. The first-order valence-electron chi connectivity index (χ1n) is 6.51. The fourth-order valence-electron chi connectivity index (χ4n) is 2.40. The molecular weight excluding hydrogens is 245 g/mol. The maximum Gasteiger partial charge on any atom is 0.411 e. The Balaban J connectivity index is 2.14. The second-order valence-electron chi connectivity index (χ2n) is 5.08. The molecule has 18 heavy (non-hydrogen) atoms. The van der Waals surface area contributed by atoms with Crippen LogP contribution >= 0.6 is 0 Å². The van der Waals surface area contributed by atoms with Gasteiger partial charge in [-0.1, -0.05) is 6.92 Å². The Morgan fingerprint density at radius 1 is 1.39 bits per heavy atom. The van der Waals surface area contributed by atoms with Crippen molar-refractivity contribution in [3.63, 3.8) is 0 Å². The van der Waals surface area contributed by atoms with Gasteiger partial charge in [0.1, 0.15) is 6.61 Å². The van der Waals surface area contributed by atoms with Crippen LogP contribution in [0, 0.1) is 5.92 Å². The summed E-state index contributed by atoms with van der Waals surface area (Å²) < 4.78 is 40.1. The van der Waals surface area contributed by atoms with Crippen LogP contribution in [0.5, 0.6) is 0 Å². The first-order chi connectivity index (χ1) is 8.42. The highest BCUT2D eigenvalue weighted by molar-refractivity contribution is 4.80. The molecule has 1 aliphatic heterocycles. The number of halogens is 3. The third kappa shape index (κ3) is 6.02. The standard InChI is InChI=1S/C12H23F3N2O/c1-10-3-5-17(11(7-10)8-16)4-2-6-18-9-12(13,14)15/h10-11H,2-9,16H2,1H3. The minimum Gasteiger partial charge on any atom is -0.372 e. The van der Waals surface area contributed by atoms with Crippen LogP contribution in [-0.2, 0) is 4.74 Å². The van der Waals surface area contributed by atoms with Crippen LogP contribution in [0.15, 0.2) is 0 Å². The predicted octanol–water partition coefficient (Wildman–Crippen LogP) is 2.01. The largest absolute Gasteiger partial charge is 0.411 e. The van der Waals surface area contributed by atoms with Crippen molar-refractivity contribution in [1.82, 2.24) is 4.90 Å². The van der Waals surface area contributed by atoms with Gasteiger partial charge in [0.15, 0.2) is 0 Å². The van der Waals surface area contributed by atoms with E-state index in [1.54, 1.807) is 0 Å². The Morgan fingerprint density at radius 2 is 2.11 bits per heavy atom. The molecule has 3 nitrogen and oxygen atoms in total. The Hall–Kier alpha value is -0.330. The Kier molecular flexibility index (Phi) is 6.38. The lowest BCUT2D eigenvalue weighted by Crippen LogP contribution is -2.46. The lowest BCUT2D eigenvalue weighted by atomic mass is 9.92. The molecule has 0 aromatic heterocycles. The lowest BCUT2D eigenvalue weighted by Gasteiger charge is -2.37. The SMILES string of the molecule is CC1CCN(CCCOCC(F)(F)F)C(CN)C1. The normalized spacial score (nSPS) is 26.5. The minimum absolute atomic E-state index is 0.156. The van der Waals surface area contributed by atoms with Crippen LogP contribution in [0.2, 0.25) is 0 Å². The first-order valence-corrected chi connectivity index (χ1v) is 6.51. The van der Waals surface area contributed by atoms with Gasteiger partial charge in [0, 0.05) is 25.7 Å². The zero-order chi connectivity index (χ0) is 13.6. The van der Waals surface area contributed by atoms with Crippen molar-refractivity contribution in [1.29, 1.82) is 0 Å². The van der Waals surface area contributed by atoms with E-state index in [1.165, 1.54) is 0 Å². The van der Waals surface area contributed by atoms with Crippen molar-refractivity contribution in [2.75, 3.05) is 32.8 Å². The number of alkyl halides is 3. The van der Waals surface area contributed by atoms with Gasteiger partial charge in [-0.15, -0.1) is 0 Å². The van der Waals surface area contributed by atoms with E-state index < -0.39 is 12.8 Å². The molecule has 1 rings (SSSR count). The van der Waals surface area contributed by atoms with Crippen LogP contribution in [0.1, 0.15) is 26.2 Å². The Labute approximate surface area is 106 Å². The predicted molar refractivity (Wildman–Crippen MR) is 64.3 cm³/mol. The third-order valence-corrected chi connectivity index (χ3v) is 3.37. The van der Waals surface area contributed by atoms with Gasteiger partial charge in [-0.05, 0) is 31.7 Å². The summed E-state index contributed by atoms with van der Waals surface area (Å²) in [6.07, 6.45) is -1.37. The first kappa shape index (κ1) is 15.7. The summed E-state index contributed by atoms with van der Waals surface area (Å²) >= 11 is 0. The molecule has 0 aromatic carbocycles. The summed E-state index contributed by atoms with van der Waals surface area (Å²) in [4.78, 5) is 2.27. The van der Waals surface area contributed by atoms with Crippen molar-refractivity contribution in [3.05, 3.63) is 0 Å². The highest BCUT2D eigenvalue weighted by Crippen LogP contribution is 2.22. The van der Waals surface area contributed by atoms with Crippen LogP contribution in [0.3, 0.4) is 0 Å². The van der Waals surface area contributed by atoms with E-state index in [0.717, 1.165) is 25.9 Å². The van der Waals surface area contributed by atoms with Gasteiger partial charge in [-0.25, -0.2) is 0 Å². The summed E-state index contributed by atoms with van der Waals surface area (Å²) in [5, 5.41) is 0. The number of piperidine rings is 1. The average molecular weight is 268 g/mol. The smallest absolute Gasteiger partial charge is 0.372 e. The molecule has 0 spiro atoms. The molecule has 108 valence electrons. The third-order valence-electron chi connectivity index (χ3n) is 3.37. The number of hydrogen-bond acceptors (Lipinski definition) is 3. The average Bonchev–Trinajstić information content (AvgIpc) is 2.28. The summed E-state index contributed by atoms with van der Waals surface area (Å²) in [5.74, 6) is 0.691. The summed E-state index contributed by atoms with van der Waals surface area (Å²) in [6.45, 7) is 3.60. The van der Waals surface area contributed by atoms with E-state index in [0.29, 0.717) is 24.9 Å². The molecule has 0 aromatic rings.